The monoisotopic (exact) mass is 352 g/mol. The third kappa shape index (κ3) is 5.50. The minimum atomic E-state index is 0. The summed E-state index contributed by atoms with van der Waals surface area (Å²) in [5.41, 5.74) is 2.69. The predicted octanol–water partition coefficient (Wildman–Crippen LogP) is 4.30. The van der Waals surface area contributed by atoms with Gasteiger partial charge in [-0.25, -0.2) is 0 Å². The van der Waals surface area contributed by atoms with Crippen LogP contribution in [0, 0.1) is 0 Å². The van der Waals surface area contributed by atoms with Gasteiger partial charge >= 0.3 is 0 Å². The van der Waals surface area contributed by atoms with Crippen LogP contribution in [0.3, 0.4) is 0 Å². The van der Waals surface area contributed by atoms with Crippen molar-refractivity contribution in [2.24, 2.45) is 0 Å². The van der Waals surface area contributed by atoms with Crippen molar-refractivity contribution >= 4 is 24.8 Å². The maximum atomic E-state index is 3.88. The highest BCUT2D eigenvalue weighted by atomic mass is 35.5. The van der Waals surface area contributed by atoms with E-state index in [0.29, 0.717) is 6.04 Å². The minimum Gasteiger partial charge on any atom is -0.305 e. The molecule has 0 aliphatic carbocycles. The number of halogens is 2. The van der Waals surface area contributed by atoms with Gasteiger partial charge in [0.05, 0.1) is 6.04 Å². The molecule has 1 aliphatic heterocycles. The molecule has 0 saturated carbocycles. The second-order valence-electron chi connectivity index (χ2n) is 6.02. The lowest BCUT2D eigenvalue weighted by atomic mass is 9.96. The van der Waals surface area contributed by atoms with E-state index >= 15 is 0 Å². The quantitative estimate of drug-likeness (QED) is 0.882. The van der Waals surface area contributed by atoms with Crippen LogP contribution in [-0.2, 0) is 0 Å². The van der Waals surface area contributed by atoms with Gasteiger partial charge in [-0.2, -0.15) is 0 Å². The number of benzene rings is 2. The molecule has 0 radical (unpaired) electrons. The molecule has 1 unspecified atom stereocenters. The molecular weight excluding hydrogens is 327 g/mol. The fourth-order valence-corrected chi connectivity index (χ4v) is 3.21. The van der Waals surface area contributed by atoms with Gasteiger partial charge in [-0.05, 0) is 37.6 Å². The van der Waals surface area contributed by atoms with Crippen molar-refractivity contribution in [1.29, 1.82) is 0 Å². The third-order valence-electron chi connectivity index (χ3n) is 4.29. The average molecular weight is 353 g/mol. The van der Waals surface area contributed by atoms with Gasteiger partial charge in [-0.3, -0.25) is 0 Å². The molecule has 23 heavy (non-hydrogen) atoms. The summed E-state index contributed by atoms with van der Waals surface area (Å²) in [6.45, 7) is 2.36. The van der Waals surface area contributed by atoms with E-state index in [1.54, 1.807) is 0 Å². The second kappa shape index (κ2) is 9.94. The summed E-state index contributed by atoms with van der Waals surface area (Å²) >= 11 is 0. The van der Waals surface area contributed by atoms with Crippen molar-refractivity contribution in [1.82, 2.24) is 10.2 Å². The highest BCUT2D eigenvalue weighted by Gasteiger charge is 2.22. The van der Waals surface area contributed by atoms with Gasteiger partial charge in [-0.15, -0.1) is 24.8 Å². The van der Waals surface area contributed by atoms with Gasteiger partial charge in [0, 0.05) is 12.6 Å². The Kier molecular flexibility index (Phi) is 8.64. The van der Waals surface area contributed by atoms with E-state index in [2.05, 4.69) is 77.9 Å². The number of nitrogens with zero attached hydrogens (tertiary/aromatic N) is 1. The Morgan fingerprint density at radius 3 is 1.91 bits per heavy atom. The van der Waals surface area contributed by atoms with Gasteiger partial charge in [0.2, 0.25) is 0 Å². The summed E-state index contributed by atoms with van der Waals surface area (Å²) in [7, 11) is 2.22. The van der Waals surface area contributed by atoms with E-state index < -0.39 is 0 Å². The summed E-state index contributed by atoms with van der Waals surface area (Å²) in [4.78, 5) is 2.42. The molecular formula is C19H26Cl2N2. The zero-order valence-electron chi connectivity index (χ0n) is 13.5. The lowest BCUT2D eigenvalue weighted by Gasteiger charge is -2.33. The van der Waals surface area contributed by atoms with E-state index in [1.165, 1.54) is 30.5 Å². The summed E-state index contributed by atoms with van der Waals surface area (Å²) in [6.07, 6.45) is 2.55. The Hall–Kier alpha value is -1.06. The summed E-state index contributed by atoms with van der Waals surface area (Å²) in [5.74, 6) is 0. The molecule has 1 heterocycles. The molecule has 1 aliphatic rings. The Morgan fingerprint density at radius 1 is 0.913 bits per heavy atom. The zero-order valence-corrected chi connectivity index (χ0v) is 15.2. The SMILES string of the molecule is CN1CCCC(NC(c2ccccc2)c2ccccc2)C1.Cl.Cl. The Labute approximate surface area is 152 Å². The molecule has 3 rings (SSSR count). The van der Waals surface area contributed by atoms with Crippen LogP contribution < -0.4 is 5.32 Å². The van der Waals surface area contributed by atoms with Crippen LogP contribution in [0.25, 0.3) is 0 Å². The maximum Gasteiger partial charge on any atom is 0.0579 e. The van der Waals surface area contributed by atoms with Crippen LogP contribution in [0.4, 0.5) is 0 Å². The zero-order chi connectivity index (χ0) is 14.5. The van der Waals surface area contributed by atoms with Crippen LogP contribution in [-0.4, -0.2) is 31.1 Å². The van der Waals surface area contributed by atoms with Crippen molar-refractivity contribution < 1.29 is 0 Å². The first-order chi connectivity index (χ1) is 10.3. The number of nitrogens with one attached hydrogen (secondary N) is 1. The molecule has 0 spiro atoms. The van der Waals surface area contributed by atoms with Crippen LogP contribution in [0.2, 0.25) is 0 Å². The molecule has 2 aromatic rings. The van der Waals surface area contributed by atoms with E-state index in [0.717, 1.165) is 6.54 Å². The molecule has 1 atom stereocenters. The predicted molar refractivity (Wildman–Crippen MR) is 103 cm³/mol. The second-order valence-corrected chi connectivity index (χ2v) is 6.02. The standard InChI is InChI=1S/C19H24N2.2ClH/c1-21-14-8-13-18(15-21)20-19(16-9-4-2-5-10-16)17-11-6-3-7-12-17;;/h2-7,9-12,18-20H,8,13-15H2,1H3;2*1H. The topological polar surface area (TPSA) is 15.3 Å². The van der Waals surface area contributed by atoms with E-state index in [9.17, 15) is 0 Å². The van der Waals surface area contributed by atoms with Crippen LogP contribution in [0.1, 0.15) is 30.0 Å². The number of piperidine rings is 1. The van der Waals surface area contributed by atoms with Crippen molar-refractivity contribution in [2.75, 3.05) is 20.1 Å². The molecule has 0 bridgehead atoms. The smallest absolute Gasteiger partial charge is 0.0579 e. The Morgan fingerprint density at radius 2 is 1.43 bits per heavy atom. The third-order valence-corrected chi connectivity index (χ3v) is 4.29. The minimum absolute atomic E-state index is 0. The maximum absolute atomic E-state index is 3.88. The first-order valence-corrected chi connectivity index (χ1v) is 7.87. The lowest BCUT2D eigenvalue weighted by Crippen LogP contribution is -2.45. The van der Waals surface area contributed by atoms with Crippen molar-refractivity contribution in [2.45, 2.75) is 24.9 Å². The van der Waals surface area contributed by atoms with Gasteiger partial charge < -0.3 is 10.2 Å². The van der Waals surface area contributed by atoms with E-state index in [1.807, 2.05) is 0 Å². The molecule has 1 fully saturated rings. The Bertz CT molecular complexity index is 508. The fourth-order valence-electron chi connectivity index (χ4n) is 3.21. The Balaban J connectivity index is 0.00000132. The van der Waals surface area contributed by atoms with Gasteiger partial charge in [0.15, 0.2) is 0 Å². The van der Waals surface area contributed by atoms with E-state index in [4.69, 9.17) is 0 Å². The molecule has 0 aromatic heterocycles. The molecule has 4 heteroatoms. The van der Waals surface area contributed by atoms with Crippen LogP contribution >= 0.6 is 24.8 Å². The molecule has 1 N–H and O–H groups in total. The lowest BCUT2D eigenvalue weighted by molar-refractivity contribution is 0.221. The van der Waals surface area contributed by atoms with Crippen LogP contribution in [0.15, 0.2) is 60.7 Å². The van der Waals surface area contributed by atoms with Gasteiger partial charge in [-0.1, -0.05) is 60.7 Å². The highest BCUT2D eigenvalue weighted by molar-refractivity contribution is 5.85. The number of likely N-dealkylation sites (tertiary alicyclic amines) is 1. The molecule has 1 saturated heterocycles. The normalized spacial score (nSPS) is 18.1. The fraction of sp³-hybridized carbons (Fsp3) is 0.368. The van der Waals surface area contributed by atoms with Crippen LogP contribution in [0.5, 0.6) is 0 Å². The largest absolute Gasteiger partial charge is 0.305 e. The van der Waals surface area contributed by atoms with Gasteiger partial charge in [0.25, 0.3) is 0 Å². The number of hydrogen-bond donors (Lipinski definition) is 1. The number of likely N-dealkylation sites (N-methyl/N-ethyl adjacent to an activating group) is 1. The van der Waals surface area contributed by atoms with Crippen molar-refractivity contribution in [3.05, 3.63) is 71.8 Å². The number of rotatable bonds is 4. The summed E-state index contributed by atoms with van der Waals surface area (Å²) in [5, 5.41) is 3.88. The van der Waals surface area contributed by atoms with Crippen molar-refractivity contribution in [3.63, 3.8) is 0 Å². The molecule has 0 amide bonds. The first-order valence-electron chi connectivity index (χ1n) is 7.87. The van der Waals surface area contributed by atoms with Gasteiger partial charge in [0.1, 0.15) is 0 Å². The molecule has 2 nitrogen and oxygen atoms in total. The number of hydrogen-bond acceptors (Lipinski definition) is 2. The summed E-state index contributed by atoms with van der Waals surface area (Å²) in [6, 6.07) is 22.4. The first kappa shape index (κ1) is 20.0. The summed E-state index contributed by atoms with van der Waals surface area (Å²) < 4.78 is 0. The molecule has 2 aromatic carbocycles. The van der Waals surface area contributed by atoms with Crippen molar-refractivity contribution in [3.8, 4) is 0 Å². The van der Waals surface area contributed by atoms with E-state index in [-0.39, 0.29) is 30.9 Å². The highest BCUT2D eigenvalue weighted by Crippen LogP contribution is 2.24. The molecule has 126 valence electrons. The average Bonchev–Trinajstić information content (AvgIpc) is 2.54.